The van der Waals surface area contributed by atoms with Crippen molar-refractivity contribution in [2.24, 2.45) is 0 Å². The lowest BCUT2D eigenvalue weighted by Crippen LogP contribution is -2.07. The molecule has 0 spiro atoms. The third-order valence-corrected chi connectivity index (χ3v) is 3.66. The summed E-state index contributed by atoms with van der Waals surface area (Å²) in [4.78, 5) is 14.4. The molecule has 1 rings (SSSR count). The average Bonchev–Trinajstić information content (AvgIpc) is 2.36. The Morgan fingerprint density at radius 3 is 2.72 bits per heavy atom. The van der Waals surface area contributed by atoms with Crippen molar-refractivity contribution in [3.63, 3.8) is 0 Å². The number of aromatic nitrogens is 1. The molecule has 7 heteroatoms. The van der Waals surface area contributed by atoms with Gasteiger partial charge in [-0.2, -0.15) is 0 Å². The number of anilines is 1. The lowest BCUT2D eigenvalue weighted by atomic mass is 10.4. The summed E-state index contributed by atoms with van der Waals surface area (Å²) in [5, 5.41) is 14.0. The molecule has 1 N–H and O–H groups in total. The van der Waals surface area contributed by atoms with Crippen molar-refractivity contribution in [2.75, 3.05) is 17.6 Å². The van der Waals surface area contributed by atoms with Crippen LogP contribution in [0.1, 0.15) is 26.7 Å². The monoisotopic (exact) mass is 271 g/mol. The van der Waals surface area contributed by atoms with Crippen molar-refractivity contribution in [1.82, 2.24) is 4.98 Å². The zero-order valence-electron chi connectivity index (χ0n) is 10.5. The molecule has 0 amide bonds. The van der Waals surface area contributed by atoms with Gasteiger partial charge in [-0.1, -0.05) is 13.3 Å². The highest BCUT2D eigenvalue weighted by molar-refractivity contribution is 7.84. The second kappa shape index (κ2) is 7.05. The first-order valence-electron chi connectivity index (χ1n) is 5.87. The van der Waals surface area contributed by atoms with Crippen LogP contribution in [0.15, 0.2) is 17.2 Å². The van der Waals surface area contributed by atoms with Crippen molar-refractivity contribution in [3.8, 4) is 0 Å². The summed E-state index contributed by atoms with van der Waals surface area (Å²) < 4.78 is 11.9. The summed E-state index contributed by atoms with van der Waals surface area (Å²) in [6.45, 7) is 4.37. The Morgan fingerprint density at radius 1 is 1.44 bits per heavy atom. The van der Waals surface area contributed by atoms with Gasteiger partial charge in [0, 0.05) is 18.4 Å². The van der Waals surface area contributed by atoms with E-state index in [2.05, 4.69) is 10.3 Å². The van der Waals surface area contributed by atoms with Gasteiger partial charge in [-0.25, -0.2) is 4.98 Å². The molecule has 100 valence electrons. The van der Waals surface area contributed by atoms with Crippen LogP contribution in [0.4, 0.5) is 11.5 Å². The number of nitrogens with zero attached hydrogens (tertiary/aromatic N) is 2. The lowest BCUT2D eigenvalue weighted by molar-refractivity contribution is -0.384. The molecule has 0 radical (unpaired) electrons. The Kier molecular flexibility index (Phi) is 5.70. The Hall–Kier alpha value is -1.50. The number of hydrogen-bond acceptors (Lipinski definition) is 5. The van der Waals surface area contributed by atoms with Gasteiger partial charge in [0.05, 0.1) is 15.7 Å². The summed E-state index contributed by atoms with van der Waals surface area (Å²) in [7, 11) is -1.19. The van der Waals surface area contributed by atoms with Gasteiger partial charge in [0.2, 0.25) is 5.82 Å². The number of nitro groups is 1. The lowest BCUT2D eigenvalue weighted by Gasteiger charge is -2.06. The minimum Gasteiger partial charge on any atom is -0.365 e. The van der Waals surface area contributed by atoms with E-state index in [1.165, 1.54) is 12.1 Å². The molecule has 6 nitrogen and oxygen atoms in total. The second-order valence-corrected chi connectivity index (χ2v) is 5.23. The van der Waals surface area contributed by atoms with Crippen LogP contribution < -0.4 is 5.32 Å². The van der Waals surface area contributed by atoms with Gasteiger partial charge in [0.15, 0.2) is 0 Å². The topological polar surface area (TPSA) is 85.1 Å². The van der Waals surface area contributed by atoms with E-state index in [1.54, 1.807) is 0 Å². The molecule has 0 aliphatic heterocycles. The van der Waals surface area contributed by atoms with Crippen molar-refractivity contribution in [2.45, 2.75) is 31.7 Å². The SMILES string of the molecule is CCCCS(=O)c1ccc([N+](=O)[O-])c(NCC)n1. The van der Waals surface area contributed by atoms with Crippen molar-refractivity contribution >= 4 is 22.3 Å². The number of pyridine rings is 1. The van der Waals surface area contributed by atoms with Gasteiger partial charge in [0.1, 0.15) is 5.03 Å². The van der Waals surface area contributed by atoms with Crippen LogP contribution in [0, 0.1) is 10.1 Å². The Labute approximate surface area is 108 Å². The maximum absolute atomic E-state index is 11.9. The van der Waals surface area contributed by atoms with E-state index in [9.17, 15) is 14.3 Å². The van der Waals surface area contributed by atoms with Crippen LogP contribution in [-0.2, 0) is 10.8 Å². The zero-order valence-corrected chi connectivity index (χ0v) is 11.3. The number of unbranched alkanes of at least 4 members (excludes halogenated alkanes) is 1. The summed E-state index contributed by atoms with van der Waals surface area (Å²) >= 11 is 0. The number of rotatable bonds is 7. The van der Waals surface area contributed by atoms with E-state index in [0.29, 0.717) is 17.3 Å². The Balaban J connectivity index is 2.99. The van der Waals surface area contributed by atoms with Crippen molar-refractivity contribution < 1.29 is 9.13 Å². The highest BCUT2D eigenvalue weighted by Gasteiger charge is 2.17. The Morgan fingerprint density at radius 2 is 2.17 bits per heavy atom. The van der Waals surface area contributed by atoms with Crippen LogP contribution in [0.5, 0.6) is 0 Å². The molecule has 0 aliphatic rings. The summed E-state index contributed by atoms with van der Waals surface area (Å²) in [5.74, 6) is 0.720. The second-order valence-electron chi connectivity index (χ2n) is 3.71. The van der Waals surface area contributed by atoms with Gasteiger partial charge in [-0.15, -0.1) is 0 Å². The van der Waals surface area contributed by atoms with E-state index >= 15 is 0 Å². The summed E-state index contributed by atoms with van der Waals surface area (Å²) in [6.07, 6.45) is 1.81. The minimum absolute atomic E-state index is 0.0897. The largest absolute Gasteiger partial charge is 0.365 e. The Bertz CT molecular complexity index is 451. The van der Waals surface area contributed by atoms with E-state index in [4.69, 9.17) is 0 Å². The maximum atomic E-state index is 11.9. The van der Waals surface area contributed by atoms with Crippen LogP contribution in [-0.4, -0.2) is 26.4 Å². The molecule has 1 heterocycles. The molecule has 0 aliphatic carbocycles. The van der Waals surface area contributed by atoms with Crippen molar-refractivity contribution in [3.05, 3.63) is 22.2 Å². The molecule has 0 aromatic carbocycles. The molecule has 0 saturated heterocycles. The quantitative estimate of drug-likeness (QED) is 0.607. The van der Waals surface area contributed by atoms with Gasteiger partial charge in [-0.05, 0) is 19.4 Å². The van der Waals surface area contributed by atoms with Gasteiger partial charge < -0.3 is 5.32 Å². The first kappa shape index (κ1) is 14.6. The molecule has 0 saturated carbocycles. The fourth-order valence-corrected chi connectivity index (χ4v) is 2.56. The summed E-state index contributed by atoms with van der Waals surface area (Å²) in [6, 6.07) is 2.81. The molecule has 0 bridgehead atoms. The van der Waals surface area contributed by atoms with Gasteiger partial charge in [0.25, 0.3) is 0 Å². The van der Waals surface area contributed by atoms with Crippen molar-refractivity contribution in [1.29, 1.82) is 0 Å². The molecule has 1 unspecified atom stereocenters. The normalized spacial score (nSPS) is 12.1. The average molecular weight is 271 g/mol. The zero-order chi connectivity index (χ0) is 13.5. The van der Waals surface area contributed by atoms with Crippen LogP contribution in [0.2, 0.25) is 0 Å². The maximum Gasteiger partial charge on any atom is 0.311 e. The highest BCUT2D eigenvalue weighted by atomic mass is 32.2. The van der Waals surface area contributed by atoms with Crippen LogP contribution in [0.3, 0.4) is 0 Å². The molecule has 1 atom stereocenters. The molecular formula is C11H17N3O3S. The smallest absolute Gasteiger partial charge is 0.311 e. The fraction of sp³-hybridized carbons (Fsp3) is 0.545. The molecular weight excluding hydrogens is 254 g/mol. The van der Waals surface area contributed by atoms with Crippen LogP contribution in [0.25, 0.3) is 0 Å². The first-order chi connectivity index (χ1) is 8.60. The molecule has 1 aromatic rings. The first-order valence-corrected chi connectivity index (χ1v) is 7.19. The fourth-order valence-electron chi connectivity index (χ4n) is 1.39. The summed E-state index contributed by atoms with van der Waals surface area (Å²) in [5.41, 5.74) is -0.0897. The van der Waals surface area contributed by atoms with E-state index in [0.717, 1.165) is 12.8 Å². The molecule has 1 aromatic heterocycles. The van der Waals surface area contributed by atoms with E-state index in [1.807, 2.05) is 13.8 Å². The van der Waals surface area contributed by atoms with Crippen LogP contribution >= 0.6 is 0 Å². The standard InChI is InChI=1S/C11H17N3O3S/c1-3-5-8-18(17)10-7-6-9(14(15)16)11(13-10)12-4-2/h6-7H,3-5,8H2,1-2H3,(H,12,13). The van der Waals surface area contributed by atoms with E-state index in [-0.39, 0.29) is 11.5 Å². The third kappa shape index (κ3) is 3.76. The van der Waals surface area contributed by atoms with Gasteiger partial charge >= 0.3 is 5.69 Å². The molecule has 18 heavy (non-hydrogen) atoms. The minimum atomic E-state index is -1.19. The predicted octanol–water partition coefficient (Wildman–Crippen LogP) is 2.33. The van der Waals surface area contributed by atoms with E-state index < -0.39 is 15.7 Å². The number of hydrogen-bond donors (Lipinski definition) is 1. The van der Waals surface area contributed by atoms with Gasteiger partial charge in [-0.3, -0.25) is 14.3 Å². The number of nitrogens with one attached hydrogen (secondary N) is 1. The molecule has 0 fully saturated rings. The predicted molar refractivity (Wildman–Crippen MR) is 71.2 cm³/mol. The third-order valence-electron chi connectivity index (χ3n) is 2.31. The highest BCUT2D eigenvalue weighted by Crippen LogP contribution is 2.23.